The van der Waals surface area contributed by atoms with E-state index in [1.807, 2.05) is 33.7 Å². The summed E-state index contributed by atoms with van der Waals surface area (Å²) in [5, 5.41) is 43.2. The van der Waals surface area contributed by atoms with Crippen LogP contribution in [0.1, 0.15) is 37.0 Å². The number of aliphatic hydroxyl groups excluding tert-OH is 3. The highest BCUT2D eigenvalue weighted by molar-refractivity contribution is 7.98. The first-order valence-electron chi connectivity index (χ1n) is 17.5. The van der Waals surface area contributed by atoms with Gasteiger partial charge in [-0.25, -0.2) is 14.0 Å². The summed E-state index contributed by atoms with van der Waals surface area (Å²) >= 11 is 7.41. The van der Waals surface area contributed by atoms with Crippen LogP contribution in [0.5, 0.6) is 0 Å². The van der Waals surface area contributed by atoms with Gasteiger partial charge >= 0.3 is 11.9 Å². The van der Waals surface area contributed by atoms with Gasteiger partial charge in [0.2, 0.25) is 5.91 Å². The van der Waals surface area contributed by atoms with E-state index >= 15 is 0 Å². The molecule has 4 aromatic rings. The van der Waals surface area contributed by atoms with Gasteiger partial charge in [-0.2, -0.15) is 4.98 Å². The van der Waals surface area contributed by atoms with Crippen molar-refractivity contribution in [2.45, 2.75) is 62.9 Å². The van der Waals surface area contributed by atoms with Gasteiger partial charge < -0.3 is 39.9 Å². The molecule has 1 heterocycles. The van der Waals surface area contributed by atoms with E-state index in [-0.39, 0.29) is 31.2 Å². The molecule has 0 aliphatic carbocycles. The van der Waals surface area contributed by atoms with Crippen molar-refractivity contribution in [1.29, 1.82) is 0 Å². The summed E-state index contributed by atoms with van der Waals surface area (Å²) in [6, 6.07) is 22.1. The molecule has 0 fully saturated rings. The predicted octanol–water partition coefficient (Wildman–Crippen LogP) is 4.17. The SMILES string of the molecule is CCN(CC)CCN(Cc1ccc(-c2ccc(Cl)cc2)cc1)C(=O)CCn1cc(CCO)c(=O)nc1SCc1ccc(F)cc1.O=C(O)C(O)C(O)C(=O)O. The van der Waals surface area contributed by atoms with Crippen molar-refractivity contribution in [3.63, 3.8) is 0 Å². The van der Waals surface area contributed by atoms with Crippen molar-refractivity contribution in [2.75, 3.05) is 32.8 Å². The molecule has 55 heavy (non-hydrogen) atoms. The lowest BCUT2D eigenvalue weighted by molar-refractivity contribution is -0.165. The topological polar surface area (TPSA) is 194 Å². The van der Waals surface area contributed by atoms with E-state index in [1.165, 1.54) is 23.9 Å². The summed E-state index contributed by atoms with van der Waals surface area (Å²) in [6.07, 6.45) is -2.43. The number of carboxylic acid groups (broad SMARTS) is 2. The number of aryl methyl sites for hydroxylation is 1. The zero-order valence-corrected chi connectivity index (χ0v) is 32.1. The Balaban J connectivity index is 0.000000712. The number of carbonyl (C=O) groups excluding carboxylic acids is 1. The molecule has 0 saturated carbocycles. The lowest BCUT2D eigenvalue weighted by Gasteiger charge is -2.27. The summed E-state index contributed by atoms with van der Waals surface area (Å²) in [6.45, 7) is 8.02. The lowest BCUT2D eigenvalue weighted by Crippen LogP contribution is -2.39. The molecule has 1 amide bonds. The molecule has 0 radical (unpaired) electrons. The van der Waals surface area contributed by atoms with Crippen LogP contribution in [0.4, 0.5) is 4.39 Å². The van der Waals surface area contributed by atoms with Gasteiger partial charge in [-0.05, 0) is 59.6 Å². The smallest absolute Gasteiger partial charge is 0.335 e. The molecule has 3 aromatic carbocycles. The third-order valence-electron chi connectivity index (χ3n) is 8.50. The van der Waals surface area contributed by atoms with E-state index in [2.05, 4.69) is 48.0 Å². The van der Waals surface area contributed by atoms with Crippen LogP contribution in [0.15, 0.2) is 88.9 Å². The lowest BCUT2D eigenvalue weighted by atomic mass is 10.0. The Kier molecular flexibility index (Phi) is 18.4. The fraction of sp³-hybridized carbons (Fsp3) is 0.359. The van der Waals surface area contributed by atoms with Crippen LogP contribution in [-0.4, -0.2) is 108 Å². The zero-order chi connectivity index (χ0) is 40.5. The molecule has 1 aromatic heterocycles. The molecule has 0 aliphatic heterocycles. The number of aliphatic hydroxyl groups is 3. The molecule has 0 saturated heterocycles. The number of carboxylic acids is 2. The molecule has 0 aliphatic rings. The predicted molar refractivity (Wildman–Crippen MR) is 207 cm³/mol. The molecule has 2 unspecified atom stereocenters. The summed E-state index contributed by atoms with van der Waals surface area (Å²) in [4.78, 5) is 54.4. The Morgan fingerprint density at radius 3 is 1.93 bits per heavy atom. The van der Waals surface area contributed by atoms with Crippen LogP contribution in [0.3, 0.4) is 0 Å². The molecule has 2 atom stereocenters. The molecule has 13 nitrogen and oxygen atoms in total. The Morgan fingerprint density at radius 1 is 0.855 bits per heavy atom. The summed E-state index contributed by atoms with van der Waals surface area (Å²) < 4.78 is 15.2. The maximum atomic E-state index is 13.7. The van der Waals surface area contributed by atoms with Crippen molar-refractivity contribution in [1.82, 2.24) is 19.4 Å². The van der Waals surface area contributed by atoms with E-state index in [0.29, 0.717) is 41.1 Å². The van der Waals surface area contributed by atoms with Crippen LogP contribution in [-0.2, 0) is 39.6 Å². The number of rotatable bonds is 19. The average Bonchev–Trinajstić information content (AvgIpc) is 3.18. The van der Waals surface area contributed by atoms with Gasteiger partial charge in [-0.1, -0.05) is 85.7 Å². The monoisotopic (exact) mass is 800 g/mol. The van der Waals surface area contributed by atoms with Gasteiger partial charge in [0.05, 0.1) is 0 Å². The van der Waals surface area contributed by atoms with Crippen molar-refractivity contribution in [2.24, 2.45) is 0 Å². The van der Waals surface area contributed by atoms with Crippen LogP contribution < -0.4 is 5.56 Å². The van der Waals surface area contributed by atoms with E-state index in [1.54, 1.807) is 18.3 Å². The van der Waals surface area contributed by atoms with Crippen molar-refractivity contribution >= 4 is 41.2 Å². The number of carbonyl (C=O) groups is 3. The van der Waals surface area contributed by atoms with E-state index in [9.17, 15) is 28.7 Å². The Hall–Kier alpha value is -4.64. The Bertz CT molecular complexity index is 1880. The number of hydrogen-bond acceptors (Lipinski definition) is 10. The van der Waals surface area contributed by atoms with E-state index in [0.717, 1.165) is 41.9 Å². The number of halogens is 2. The second kappa shape index (κ2) is 22.7. The molecule has 5 N–H and O–H groups in total. The summed E-state index contributed by atoms with van der Waals surface area (Å²) in [5.74, 6) is -3.36. The van der Waals surface area contributed by atoms with Crippen LogP contribution in [0.25, 0.3) is 11.1 Å². The number of likely N-dealkylation sites (N-methyl/N-ethyl adjacent to an activating group) is 1. The van der Waals surface area contributed by atoms with E-state index < -0.39 is 29.7 Å². The fourth-order valence-electron chi connectivity index (χ4n) is 5.22. The third-order valence-corrected chi connectivity index (χ3v) is 9.82. The molecule has 16 heteroatoms. The fourth-order valence-corrected chi connectivity index (χ4v) is 6.29. The third kappa shape index (κ3) is 14.5. The minimum absolute atomic E-state index is 0.000765. The minimum Gasteiger partial charge on any atom is -0.479 e. The highest BCUT2D eigenvalue weighted by atomic mass is 35.5. The second-order valence-corrected chi connectivity index (χ2v) is 13.7. The number of benzene rings is 3. The van der Waals surface area contributed by atoms with Crippen molar-refractivity contribution < 1.29 is 44.3 Å². The van der Waals surface area contributed by atoms with Crippen molar-refractivity contribution in [3.8, 4) is 11.1 Å². The average molecular weight is 801 g/mol. The van der Waals surface area contributed by atoms with Gasteiger partial charge in [0.25, 0.3) is 5.56 Å². The van der Waals surface area contributed by atoms with Gasteiger partial charge in [0.15, 0.2) is 17.4 Å². The number of nitrogens with zero attached hydrogens (tertiary/aromatic N) is 4. The van der Waals surface area contributed by atoms with E-state index in [4.69, 9.17) is 32.0 Å². The standard InChI is InChI=1S/C35H40ClFN4O3S.C4H6O6/c1-3-39(4-2)20-21-40(23-26-5-9-28(10-6-26)29-11-13-31(36)14-12-29)33(43)17-19-41-24-30(18-22-42)34(44)38-35(41)45-25-27-7-15-32(37)16-8-27;5-1(3(7)8)2(6)4(9)10/h5-16,24,42H,3-4,17-23,25H2,1-2H3;1-2,5-6H,(H,7,8)(H,9,10). The van der Waals surface area contributed by atoms with Gasteiger partial charge in [0.1, 0.15) is 5.82 Å². The molecular formula is C39H46ClFN4O9S. The molecule has 296 valence electrons. The Morgan fingerprint density at radius 2 is 1.40 bits per heavy atom. The molecule has 0 bridgehead atoms. The van der Waals surface area contributed by atoms with Gasteiger partial charge in [-0.3, -0.25) is 9.59 Å². The van der Waals surface area contributed by atoms with Crippen molar-refractivity contribution in [3.05, 3.63) is 117 Å². The maximum Gasteiger partial charge on any atom is 0.335 e. The first kappa shape index (κ1) is 44.8. The molecule has 0 spiro atoms. The molecular weight excluding hydrogens is 755 g/mol. The number of hydrogen-bond donors (Lipinski definition) is 5. The van der Waals surface area contributed by atoms with Crippen LogP contribution >= 0.6 is 23.4 Å². The maximum absolute atomic E-state index is 13.7. The summed E-state index contributed by atoms with van der Waals surface area (Å²) in [5.41, 5.74) is 4.08. The normalized spacial score (nSPS) is 12.1. The largest absolute Gasteiger partial charge is 0.479 e. The second-order valence-electron chi connectivity index (χ2n) is 12.3. The summed E-state index contributed by atoms with van der Waals surface area (Å²) in [7, 11) is 0. The minimum atomic E-state index is -2.27. The van der Waals surface area contributed by atoms with Gasteiger partial charge in [0, 0.05) is 68.2 Å². The van der Waals surface area contributed by atoms with Crippen LogP contribution in [0.2, 0.25) is 5.02 Å². The first-order chi connectivity index (χ1) is 26.3. The zero-order valence-electron chi connectivity index (χ0n) is 30.6. The quantitative estimate of drug-likeness (QED) is 0.0673. The highest BCUT2D eigenvalue weighted by Crippen LogP contribution is 2.24. The van der Waals surface area contributed by atoms with Crippen LogP contribution in [0, 0.1) is 5.82 Å². The molecule has 4 rings (SSSR count). The first-order valence-corrected chi connectivity index (χ1v) is 18.9. The number of thioether (sulfide) groups is 1. The number of aromatic nitrogens is 2. The number of aliphatic carboxylic acids is 2. The highest BCUT2D eigenvalue weighted by Gasteiger charge is 2.29. The number of amides is 1. The van der Waals surface area contributed by atoms with Gasteiger partial charge in [-0.15, -0.1) is 0 Å². The Labute approximate surface area is 327 Å².